The number of carbonyl (C=O) groups is 1. The zero-order valence-corrected chi connectivity index (χ0v) is 19.7. The smallest absolute Gasteiger partial charge is 0.222 e. The number of nitrogens with one attached hydrogen (secondary N) is 1. The summed E-state index contributed by atoms with van der Waals surface area (Å²) in [4.78, 5) is 16.4. The molecule has 1 N–H and O–H groups in total. The lowest BCUT2D eigenvalue weighted by Crippen LogP contribution is -2.34. The highest BCUT2D eigenvalue weighted by Crippen LogP contribution is 2.37. The molecule has 4 nitrogen and oxygen atoms in total. The number of hydrogen-bond acceptors (Lipinski definition) is 2. The number of aromatic nitrogens is 2. The molecule has 0 fully saturated rings. The number of pyridine rings is 1. The second kappa shape index (κ2) is 9.41. The summed E-state index contributed by atoms with van der Waals surface area (Å²) in [5.41, 5.74) is 7.05. The Morgan fingerprint density at radius 3 is 2.79 bits per heavy atom. The van der Waals surface area contributed by atoms with Crippen LogP contribution in [0, 0.1) is 17.7 Å². The van der Waals surface area contributed by atoms with Gasteiger partial charge in [0, 0.05) is 53.6 Å². The molecule has 4 aromatic rings. The van der Waals surface area contributed by atoms with Gasteiger partial charge in [-0.3, -0.25) is 9.78 Å². The van der Waals surface area contributed by atoms with E-state index < -0.39 is 0 Å². The van der Waals surface area contributed by atoms with Crippen molar-refractivity contribution in [2.24, 2.45) is 11.8 Å². The van der Waals surface area contributed by atoms with Crippen molar-refractivity contribution < 1.29 is 9.18 Å². The molecule has 0 bridgehead atoms. The summed E-state index contributed by atoms with van der Waals surface area (Å²) < 4.78 is 16.3. The van der Waals surface area contributed by atoms with Gasteiger partial charge in [0.2, 0.25) is 5.91 Å². The molecule has 2 heterocycles. The van der Waals surface area contributed by atoms with E-state index in [9.17, 15) is 9.18 Å². The van der Waals surface area contributed by atoms with Crippen molar-refractivity contribution in [2.45, 2.75) is 39.7 Å². The molecule has 1 amide bonds. The topological polar surface area (TPSA) is 46.9 Å². The molecule has 5 rings (SSSR count). The number of rotatable bonds is 6. The summed E-state index contributed by atoms with van der Waals surface area (Å²) in [5.74, 6) is 0.306. The lowest BCUT2D eigenvalue weighted by Gasteiger charge is -2.25. The molecule has 0 aliphatic heterocycles. The van der Waals surface area contributed by atoms with Crippen LogP contribution in [0.1, 0.15) is 37.1 Å². The largest absolute Gasteiger partial charge is 0.356 e. The van der Waals surface area contributed by atoms with Gasteiger partial charge in [0.05, 0.1) is 0 Å². The Morgan fingerprint density at radius 2 is 2.03 bits per heavy atom. The average Bonchev–Trinajstić information content (AvgIpc) is 3.15. The summed E-state index contributed by atoms with van der Waals surface area (Å²) >= 11 is 0. The maximum absolute atomic E-state index is 13.9. The van der Waals surface area contributed by atoms with Gasteiger partial charge in [0.15, 0.2) is 0 Å². The highest BCUT2D eigenvalue weighted by atomic mass is 19.1. The van der Waals surface area contributed by atoms with Crippen LogP contribution in [0.25, 0.3) is 22.0 Å². The predicted octanol–water partition coefficient (Wildman–Crippen LogP) is 5.77. The minimum Gasteiger partial charge on any atom is -0.356 e. The Labute approximate surface area is 199 Å². The lowest BCUT2D eigenvalue weighted by molar-refractivity contribution is -0.124. The number of benzene rings is 2. The molecule has 0 saturated carbocycles. The molecular formula is C29H30FN3O. The quantitative estimate of drug-likeness (QED) is 0.401. The molecule has 5 heteroatoms. The minimum absolute atomic E-state index is 0.00521. The van der Waals surface area contributed by atoms with Crippen molar-refractivity contribution >= 4 is 16.8 Å². The molecular weight excluding hydrogens is 425 g/mol. The summed E-state index contributed by atoms with van der Waals surface area (Å²) in [6, 6.07) is 17.5. The van der Waals surface area contributed by atoms with Gasteiger partial charge in [0.25, 0.3) is 0 Å². The minimum atomic E-state index is -0.206. The molecule has 1 atom stereocenters. The fourth-order valence-corrected chi connectivity index (χ4v) is 5.06. The number of amides is 1. The number of halogens is 1. The number of fused-ring (bicyclic) bond motifs is 3. The highest BCUT2D eigenvalue weighted by Gasteiger charge is 2.26. The van der Waals surface area contributed by atoms with Gasteiger partial charge >= 0.3 is 0 Å². The third kappa shape index (κ3) is 4.47. The Hall–Kier alpha value is -3.47. The van der Waals surface area contributed by atoms with Gasteiger partial charge in [-0.15, -0.1) is 0 Å². The zero-order chi connectivity index (χ0) is 23.7. The molecule has 0 radical (unpaired) electrons. The van der Waals surface area contributed by atoms with Crippen LogP contribution in [0.2, 0.25) is 0 Å². The Bertz CT molecular complexity index is 1330. The van der Waals surface area contributed by atoms with E-state index in [0.717, 1.165) is 36.0 Å². The van der Waals surface area contributed by atoms with Gasteiger partial charge in [-0.2, -0.15) is 0 Å². The lowest BCUT2D eigenvalue weighted by atomic mass is 9.85. The molecule has 34 heavy (non-hydrogen) atoms. The van der Waals surface area contributed by atoms with Crippen LogP contribution < -0.4 is 5.32 Å². The van der Waals surface area contributed by atoms with Gasteiger partial charge in [-0.25, -0.2) is 4.39 Å². The van der Waals surface area contributed by atoms with Crippen molar-refractivity contribution in [1.29, 1.82) is 0 Å². The van der Waals surface area contributed by atoms with E-state index in [4.69, 9.17) is 0 Å². The monoisotopic (exact) mass is 455 g/mol. The molecule has 1 unspecified atom stereocenters. The van der Waals surface area contributed by atoms with Gasteiger partial charge in [-0.1, -0.05) is 38.1 Å². The van der Waals surface area contributed by atoms with Gasteiger partial charge in [-0.05, 0) is 72.2 Å². The molecule has 2 aromatic heterocycles. The van der Waals surface area contributed by atoms with E-state index in [1.807, 2.05) is 32.2 Å². The maximum atomic E-state index is 13.9. The van der Waals surface area contributed by atoms with E-state index in [0.29, 0.717) is 19.0 Å². The van der Waals surface area contributed by atoms with Gasteiger partial charge in [0.1, 0.15) is 5.82 Å². The zero-order valence-electron chi connectivity index (χ0n) is 19.7. The van der Waals surface area contributed by atoms with E-state index in [1.165, 1.54) is 28.2 Å². The van der Waals surface area contributed by atoms with Crippen LogP contribution in [0.15, 0.2) is 67.0 Å². The third-order valence-corrected chi connectivity index (χ3v) is 6.88. The molecule has 1 aliphatic rings. The van der Waals surface area contributed by atoms with Crippen molar-refractivity contribution in [2.75, 3.05) is 6.54 Å². The third-order valence-electron chi connectivity index (χ3n) is 6.88. The summed E-state index contributed by atoms with van der Waals surface area (Å²) in [6.07, 6.45) is 6.58. The number of nitrogens with zero attached hydrogens (tertiary/aromatic N) is 2. The van der Waals surface area contributed by atoms with Crippen LogP contribution in [-0.2, 0) is 24.2 Å². The van der Waals surface area contributed by atoms with E-state index in [2.05, 4.69) is 39.1 Å². The Morgan fingerprint density at radius 1 is 1.15 bits per heavy atom. The fourth-order valence-electron chi connectivity index (χ4n) is 5.06. The number of carbonyl (C=O) groups excluding carboxylic acids is 1. The first-order valence-electron chi connectivity index (χ1n) is 12.1. The van der Waals surface area contributed by atoms with Gasteiger partial charge < -0.3 is 9.88 Å². The fraction of sp³-hybridized carbons (Fsp3) is 0.310. The van der Waals surface area contributed by atoms with Crippen molar-refractivity contribution in [1.82, 2.24) is 14.9 Å². The predicted molar refractivity (Wildman–Crippen MR) is 134 cm³/mol. The molecule has 1 aliphatic carbocycles. The first-order chi connectivity index (χ1) is 16.5. The standard InChI is InChI=1S/C29H30FN3O/c1-19(2)29(34)32-16-20-8-10-27-25(14-20)26-15-22(23-6-4-12-31-17-23)9-11-28(26)33(27)18-21-5-3-7-24(30)13-21/h3-7,9,11-13,15,17,19-20H,8,10,14,16,18H2,1-2H3,(H,32,34). The first-order valence-corrected chi connectivity index (χ1v) is 12.1. The van der Waals surface area contributed by atoms with Crippen LogP contribution >= 0.6 is 0 Å². The Kier molecular flexibility index (Phi) is 6.18. The summed E-state index contributed by atoms with van der Waals surface area (Å²) in [5, 5.41) is 4.37. The first kappa shape index (κ1) is 22.3. The average molecular weight is 456 g/mol. The summed E-state index contributed by atoms with van der Waals surface area (Å²) in [6.45, 7) is 5.20. The molecule has 0 spiro atoms. The van der Waals surface area contributed by atoms with Crippen LogP contribution in [0.3, 0.4) is 0 Å². The van der Waals surface area contributed by atoms with Crippen molar-refractivity contribution in [3.05, 3.63) is 89.6 Å². The highest BCUT2D eigenvalue weighted by molar-refractivity contribution is 5.90. The Balaban J connectivity index is 1.54. The van der Waals surface area contributed by atoms with E-state index in [1.54, 1.807) is 18.3 Å². The SMILES string of the molecule is CC(C)C(=O)NCC1CCc2c(c3cc(-c4cccnc4)ccc3n2Cc2cccc(F)c2)C1. The second-order valence-electron chi connectivity index (χ2n) is 9.62. The summed E-state index contributed by atoms with van der Waals surface area (Å²) in [7, 11) is 0. The normalized spacial score (nSPS) is 15.5. The second-order valence-corrected chi connectivity index (χ2v) is 9.62. The molecule has 2 aromatic carbocycles. The van der Waals surface area contributed by atoms with Crippen LogP contribution in [0.4, 0.5) is 4.39 Å². The van der Waals surface area contributed by atoms with E-state index >= 15 is 0 Å². The number of hydrogen-bond donors (Lipinski definition) is 1. The van der Waals surface area contributed by atoms with Crippen molar-refractivity contribution in [3.63, 3.8) is 0 Å². The van der Waals surface area contributed by atoms with Crippen molar-refractivity contribution in [3.8, 4) is 11.1 Å². The maximum Gasteiger partial charge on any atom is 0.222 e. The van der Waals surface area contributed by atoms with E-state index in [-0.39, 0.29) is 17.6 Å². The molecule has 0 saturated heterocycles. The molecule has 174 valence electrons. The van der Waals surface area contributed by atoms with Crippen LogP contribution in [0.5, 0.6) is 0 Å². The van der Waals surface area contributed by atoms with Crippen LogP contribution in [-0.4, -0.2) is 22.0 Å².